The maximum absolute atomic E-state index is 12.3. The number of hydrogen-bond acceptors (Lipinski definition) is 4. The van der Waals surface area contributed by atoms with Crippen LogP contribution in [0.5, 0.6) is 5.75 Å². The van der Waals surface area contributed by atoms with Crippen molar-refractivity contribution in [3.8, 4) is 5.75 Å². The van der Waals surface area contributed by atoms with Crippen molar-refractivity contribution in [1.82, 2.24) is 0 Å². The number of carbonyl (C=O) groups is 2. The van der Waals surface area contributed by atoms with E-state index in [-0.39, 0.29) is 38.6 Å². The molecule has 23 heavy (non-hydrogen) atoms. The van der Waals surface area contributed by atoms with Crippen molar-refractivity contribution in [2.75, 3.05) is 6.61 Å². The summed E-state index contributed by atoms with van der Waals surface area (Å²) in [6.07, 6.45) is 0. The van der Waals surface area contributed by atoms with Gasteiger partial charge >= 0.3 is 11.9 Å². The Bertz CT molecular complexity index is 759. The second-order valence-electron chi connectivity index (χ2n) is 4.35. The second kappa shape index (κ2) is 7.68. The Balaban J connectivity index is 2.32. The fourth-order valence-electron chi connectivity index (χ4n) is 1.79. The Morgan fingerprint density at radius 2 is 1.48 bits per heavy atom. The molecule has 4 nitrogen and oxygen atoms in total. The highest BCUT2D eigenvalue weighted by atomic mass is 35.5. The quantitative estimate of drug-likeness (QED) is 0.428. The lowest BCUT2D eigenvalue weighted by atomic mass is 10.1. The molecule has 0 saturated carbocycles. The molecule has 0 N–H and O–H groups in total. The molecule has 0 amide bonds. The standard InChI is InChI=1S/C16H11Cl3O4/c1-2-22-15(20)9-5-3-4-6-10(9)16(21)23-14-8-12(18)11(17)7-13(14)19/h3-8H,2H2,1H3. The zero-order chi connectivity index (χ0) is 17.0. The van der Waals surface area contributed by atoms with Crippen molar-refractivity contribution in [2.45, 2.75) is 6.92 Å². The van der Waals surface area contributed by atoms with Crippen LogP contribution >= 0.6 is 34.8 Å². The average Bonchev–Trinajstić information content (AvgIpc) is 2.52. The van der Waals surface area contributed by atoms with Gasteiger partial charge in [-0.1, -0.05) is 46.9 Å². The van der Waals surface area contributed by atoms with Gasteiger partial charge in [-0.25, -0.2) is 9.59 Å². The lowest BCUT2D eigenvalue weighted by molar-refractivity contribution is 0.0517. The molecule has 0 aliphatic heterocycles. The average molecular weight is 374 g/mol. The van der Waals surface area contributed by atoms with Crippen molar-refractivity contribution in [3.63, 3.8) is 0 Å². The topological polar surface area (TPSA) is 52.6 Å². The van der Waals surface area contributed by atoms with Gasteiger partial charge in [-0.15, -0.1) is 0 Å². The van der Waals surface area contributed by atoms with Crippen LogP contribution in [0, 0.1) is 0 Å². The largest absolute Gasteiger partial charge is 0.462 e. The molecule has 120 valence electrons. The summed E-state index contributed by atoms with van der Waals surface area (Å²) in [7, 11) is 0. The Hall–Kier alpha value is -1.75. The zero-order valence-corrected chi connectivity index (χ0v) is 14.2. The van der Waals surface area contributed by atoms with Crippen molar-refractivity contribution >= 4 is 46.7 Å². The van der Waals surface area contributed by atoms with Gasteiger partial charge in [0.15, 0.2) is 5.75 Å². The monoisotopic (exact) mass is 372 g/mol. The lowest BCUT2D eigenvalue weighted by Crippen LogP contribution is -2.16. The molecule has 0 unspecified atom stereocenters. The Morgan fingerprint density at radius 3 is 2.09 bits per heavy atom. The van der Waals surface area contributed by atoms with Crippen LogP contribution in [0.25, 0.3) is 0 Å². The van der Waals surface area contributed by atoms with Crippen LogP contribution in [0.15, 0.2) is 36.4 Å². The van der Waals surface area contributed by atoms with E-state index in [0.717, 1.165) is 0 Å². The molecule has 0 heterocycles. The number of esters is 2. The lowest BCUT2D eigenvalue weighted by Gasteiger charge is -2.10. The number of ether oxygens (including phenoxy) is 2. The summed E-state index contributed by atoms with van der Waals surface area (Å²) in [6.45, 7) is 1.87. The van der Waals surface area contributed by atoms with Gasteiger partial charge in [0.1, 0.15) is 0 Å². The van der Waals surface area contributed by atoms with Crippen LogP contribution in [0.3, 0.4) is 0 Å². The van der Waals surface area contributed by atoms with Crippen LogP contribution in [0.1, 0.15) is 27.6 Å². The van der Waals surface area contributed by atoms with E-state index >= 15 is 0 Å². The van der Waals surface area contributed by atoms with Crippen LogP contribution in [0.2, 0.25) is 15.1 Å². The van der Waals surface area contributed by atoms with Crippen LogP contribution in [-0.2, 0) is 4.74 Å². The van der Waals surface area contributed by atoms with E-state index in [1.807, 2.05) is 0 Å². The maximum Gasteiger partial charge on any atom is 0.344 e. The predicted octanol–water partition coefficient (Wildman–Crippen LogP) is 5.04. The molecule has 0 radical (unpaired) electrons. The normalized spacial score (nSPS) is 10.3. The molecule has 0 spiro atoms. The number of rotatable bonds is 4. The van der Waals surface area contributed by atoms with Gasteiger partial charge in [0.05, 0.1) is 32.8 Å². The van der Waals surface area contributed by atoms with Gasteiger partial charge in [0, 0.05) is 6.07 Å². The second-order valence-corrected chi connectivity index (χ2v) is 5.57. The molecule has 0 saturated heterocycles. The third-order valence-electron chi connectivity index (χ3n) is 2.82. The summed E-state index contributed by atoms with van der Waals surface area (Å²) in [6, 6.07) is 8.86. The van der Waals surface area contributed by atoms with Gasteiger partial charge in [-0.3, -0.25) is 0 Å². The highest BCUT2D eigenvalue weighted by Gasteiger charge is 2.20. The zero-order valence-electron chi connectivity index (χ0n) is 11.9. The number of carbonyl (C=O) groups excluding carboxylic acids is 2. The maximum atomic E-state index is 12.3. The van der Waals surface area contributed by atoms with E-state index in [1.165, 1.54) is 24.3 Å². The summed E-state index contributed by atoms with van der Waals surface area (Å²) >= 11 is 17.7. The summed E-state index contributed by atoms with van der Waals surface area (Å²) in [5.74, 6) is -1.32. The first kappa shape index (κ1) is 17.6. The van der Waals surface area contributed by atoms with Crippen molar-refractivity contribution in [2.24, 2.45) is 0 Å². The molecule has 2 aromatic rings. The molecule has 7 heteroatoms. The third-order valence-corrected chi connectivity index (χ3v) is 3.84. The SMILES string of the molecule is CCOC(=O)c1ccccc1C(=O)Oc1cc(Cl)c(Cl)cc1Cl. The molecule has 0 aliphatic rings. The van der Waals surface area contributed by atoms with E-state index < -0.39 is 11.9 Å². The minimum Gasteiger partial charge on any atom is -0.462 e. The van der Waals surface area contributed by atoms with Crippen LogP contribution in [-0.4, -0.2) is 18.5 Å². The highest BCUT2D eigenvalue weighted by Crippen LogP contribution is 2.34. The molecule has 2 aromatic carbocycles. The number of benzene rings is 2. The molecule has 2 rings (SSSR count). The molecule has 0 bridgehead atoms. The van der Waals surface area contributed by atoms with E-state index in [4.69, 9.17) is 44.3 Å². The van der Waals surface area contributed by atoms with Crippen LogP contribution in [0.4, 0.5) is 0 Å². The molecule has 0 atom stereocenters. The molecule has 0 fully saturated rings. The molecular weight excluding hydrogens is 363 g/mol. The Labute approximate surface area is 147 Å². The van der Waals surface area contributed by atoms with E-state index in [0.29, 0.717) is 0 Å². The molecular formula is C16H11Cl3O4. The highest BCUT2D eigenvalue weighted by molar-refractivity contribution is 6.43. The van der Waals surface area contributed by atoms with E-state index in [9.17, 15) is 9.59 Å². The summed E-state index contributed by atoms with van der Waals surface area (Å²) in [5, 5.41) is 0.558. The first-order valence-electron chi connectivity index (χ1n) is 6.57. The fourth-order valence-corrected chi connectivity index (χ4v) is 2.36. The Morgan fingerprint density at radius 1 is 0.913 bits per heavy atom. The minimum atomic E-state index is -0.756. The number of halogens is 3. The van der Waals surface area contributed by atoms with Gasteiger partial charge in [0.25, 0.3) is 0 Å². The number of hydrogen-bond donors (Lipinski definition) is 0. The fraction of sp³-hybridized carbons (Fsp3) is 0.125. The van der Waals surface area contributed by atoms with Gasteiger partial charge in [-0.2, -0.15) is 0 Å². The summed E-state index contributed by atoms with van der Waals surface area (Å²) in [4.78, 5) is 24.2. The Kier molecular flexibility index (Phi) is 5.88. The van der Waals surface area contributed by atoms with E-state index in [1.54, 1.807) is 19.1 Å². The summed E-state index contributed by atoms with van der Waals surface area (Å²) in [5.41, 5.74) is 0.170. The first-order chi connectivity index (χ1) is 10.9. The van der Waals surface area contributed by atoms with Crippen molar-refractivity contribution in [1.29, 1.82) is 0 Å². The molecule has 0 aromatic heterocycles. The minimum absolute atomic E-state index is 0.0460. The first-order valence-corrected chi connectivity index (χ1v) is 7.70. The van der Waals surface area contributed by atoms with Gasteiger partial charge < -0.3 is 9.47 Å². The van der Waals surface area contributed by atoms with Crippen molar-refractivity contribution in [3.05, 3.63) is 62.6 Å². The third kappa shape index (κ3) is 4.16. The smallest absolute Gasteiger partial charge is 0.344 e. The van der Waals surface area contributed by atoms with Crippen LogP contribution < -0.4 is 4.74 Å². The van der Waals surface area contributed by atoms with Gasteiger partial charge in [0.2, 0.25) is 0 Å². The predicted molar refractivity (Wildman–Crippen MR) is 88.8 cm³/mol. The summed E-state index contributed by atoms with van der Waals surface area (Å²) < 4.78 is 10.1. The van der Waals surface area contributed by atoms with Crippen molar-refractivity contribution < 1.29 is 19.1 Å². The van der Waals surface area contributed by atoms with Gasteiger partial charge in [-0.05, 0) is 25.1 Å². The van der Waals surface area contributed by atoms with E-state index in [2.05, 4.69) is 0 Å². The molecule has 0 aliphatic carbocycles.